The maximum Gasteiger partial charge on any atom is 0.161 e. The van der Waals surface area contributed by atoms with Gasteiger partial charge < -0.3 is 5.11 Å². The molecule has 6 atom stereocenters. The van der Waals surface area contributed by atoms with Gasteiger partial charge in [-0.25, -0.2) is 0 Å². The Labute approximate surface area is 135 Å². The fourth-order valence-electron chi connectivity index (χ4n) is 5.89. The molecule has 0 heterocycles. The molecule has 0 spiro atoms. The molecule has 0 aliphatic heterocycles. The van der Waals surface area contributed by atoms with Crippen molar-refractivity contribution in [1.82, 2.24) is 0 Å². The maximum atomic E-state index is 12.2. The predicted molar refractivity (Wildman–Crippen MR) is 89.4 cm³/mol. The van der Waals surface area contributed by atoms with Crippen molar-refractivity contribution in [3.63, 3.8) is 0 Å². The lowest BCUT2D eigenvalue weighted by Gasteiger charge is -2.46. The molecule has 6 unspecified atom stereocenters. The Kier molecular flexibility index (Phi) is 3.83. The zero-order valence-corrected chi connectivity index (χ0v) is 14.9. The molecule has 2 fully saturated rings. The van der Waals surface area contributed by atoms with E-state index >= 15 is 0 Å². The van der Waals surface area contributed by atoms with Crippen LogP contribution in [-0.2, 0) is 4.79 Å². The lowest BCUT2D eigenvalue weighted by Crippen LogP contribution is -2.46. The Hall–Kier alpha value is -0.630. The van der Waals surface area contributed by atoms with Crippen molar-refractivity contribution in [2.24, 2.45) is 35.0 Å². The molecule has 1 N–H and O–H groups in total. The van der Waals surface area contributed by atoms with Gasteiger partial charge in [-0.05, 0) is 72.8 Å². The Bertz CT molecular complexity index is 506. The molecule has 0 radical (unpaired) electrons. The predicted octanol–water partition coefficient (Wildman–Crippen LogP) is 4.37. The third kappa shape index (κ3) is 2.21. The van der Waals surface area contributed by atoms with E-state index < -0.39 is 5.60 Å². The molecule has 0 saturated heterocycles. The molecule has 2 heteroatoms. The average molecular weight is 304 g/mol. The molecule has 2 saturated carbocycles. The number of fused-ring (bicyclic) bond motifs is 2. The second kappa shape index (κ2) is 5.19. The van der Waals surface area contributed by atoms with E-state index in [-0.39, 0.29) is 17.1 Å². The Morgan fingerprint density at radius 1 is 1.23 bits per heavy atom. The van der Waals surface area contributed by atoms with E-state index in [2.05, 4.69) is 27.7 Å². The van der Waals surface area contributed by atoms with Gasteiger partial charge in [-0.15, -0.1) is 0 Å². The van der Waals surface area contributed by atoms with Crippen LogP contribution in [0, 0.1) is 35.0 Å². The van der Waals surface area contributed by atoms with Crippen LogP contribution >= 0.6 is 0 Å². The minimum atomic E-state index is -0.893. The lowest BCUT2D eigenvalue weighted by atomic mass is 9.61. The van der Waals surface area contributed by atoms with Gasteiger partial charge in [-0.1, -0.05) is 34.6 Å². The number of carbonyl (C=O) groups is 1. The van der Waals surface area contributed by atoms with Crippen molar-refractivity contribution >= 4 is 5.78 Å². The van der Waals surface area contributed by atoms with Gasteiger partial charge >= 0.3 is 0 Å². The summed E-state index contributed by atoms with van der Waals surface area (Å²) in [6, 6.07) is 0. The van der Waals surface area contributed by atoms with Gasteiger partial charge in [0.25, 0.3) is 0 Å². The van der Waals surface area contributed by atoms with Crippen molar-refractivity contribution < 1.29 is 9.90 Å². The summed E-state index contributed by atoms with van der Waals surface area (Å²) in [6.45, 7) is 11.2. The molecule has 22 heavy (non-hydrogen) atoms. The fourth-order valence-corrected chi connectivity index (χ4v) is 5.89. The maximum absolute atomic E-state index is 12.2. The number of hydrogen-bond donors (Lipinski definition) is 1. The van der Waals surface area contributed by atoms with E-state index in [4.69, 9.17) is 0 Å². The number of aliphatic hydroxyl groups is 1. The number of allylic oxidation sites excluding steroid dienone is 1. The van der Waals surface area contributed by atoms with Gasteiger partial charge in [0.2, 0.25) is 0 Å². The average Bonchev–Trinajstić information content (AvgIpc) is 2.85. The summed E-state index contributed by atoms with van der Waals surface area (Å²) in [5.41, 5.74) is 0.315. The van der Waals surface area contributed by atoms with Crippen LogP contribution in [0.25, 0.3) is 0 Å². The largest absolute Gasteiger partial charge is 0.385 e. The third-order valence-corrected chi connectivity index (χ3v) is 7.37. The monoisotopic (exact) mass is 304 g/mol. The molecule has 0 aromatic heterocycles. The van der Waals surface area contributed by atoms with Crippen LogP contribution in [0.4, 0.5) is 0 Å². The van der Waals surface area contributed by atoms with E-state index in [9.17, 15) is 9.90 Å². The van der Waals surface area contributed by atoms with Crippen LogP contribution in [0.5, 0.6) is 0 Å². The number of hydrogen-bond acceptors (Lipinski definition) is 2. The molecule has 3 rings (SSSR count). The summed E-state index contributed by atoms with van der Waals surface area (Å²) >= 11 is 0. The minimum Gasteiger partial charge on any atom is -0.385 e. The normalized spacial score (nSPS) is 48.7. The first-order valence-electron chi connectivity index (χ1n) is 9.17. The minimum absolute atomic E-state index is 0.129. The smallest absolute Gasteiger partial charge is 0.161 e. The first-order valence-corrected chi connectivity index (χ1v) is 9.17. The fraction of sp³-hybridized carbons (Fsp3) is 0.850. The van der Waals surface area contributed by atoms with E-state index in [1.54, 1.807) is 6.08 Å². The first-order chi connectivity index (χ1) is 10.2. The van der Waals surface area contributed by atoms with Gasteiger partial charge in [0.05, 0.1) is 11.5 Å². The number of rotatable bonds is 1. The first kappa shape index (κ1) is 16.2. The van der Waals surface area contributed by atoms with Crippen molar-refractivity contribution in [1.29, 1.82) is 0 Å². The van der Waals surface area contributed by atoms with Gasteiger partial charge in [0.1, 0.15) is 0 Å². The van der Waals surface area contributed by atoms with Crippen molar-refractivity contribution in [2.45, 2.75) is 72.3 Å². The molecule has 2 nitrogen and oxygen atoms in total. The molecule has 0 amide bonds. The van der Waals surface area contributed by atoms with Gasteiger partial charge in [0.15, 0.2) is 5.78 Å². The van der Waals surface area contributed by atoms with E-state index in [0.29, 0.717) is 17.8 Å². The Morgan fingerprint density at radius 2 is 1.91 bits per heavy atom. The Morgan fingerprint density at radius 3 is 2.55 bits per heavy atom. The third-order valence-electron chi connectivity index (χ3n) is 7.37. The van der Waals surface area contributed by atoms with Crippen molar-refractivity contribution in [3.8, 4) is 0 Å². The summed E-state index contributed by atoms with van der Waals surface area (Å²) in [6.07, 6.45) is 7.38. The van der Waals surface area contributed by atoms with Crippen LogP contribution in [0.1, 0.15) is 66.7 Å². The van der Waals surface area contributed by atoms with Crippen LogP contribution in [-0.4, -0.2) is 16.5 Å². The quantitative estimate of drug-likeness (QED) is 0.781. The molecule has 0 aromatic carbocycles. The molecule has 0 aromatic rings. The van der Waals surface area contributed by atoms with Crippen LogP contribution in [0.2, 0.25) is 0 Å². The van der Waals surface area contributed by atoms with Gasteiger partial charge in [0, 0.05) is 0 Å². The molecule has 3 aliphatic carbocycles. The number of ketones is 1. The molecular weight excluding hydrogens is 272 g/mol. The highest BCUT2D eigenvalue weighted by Crippen LogP contribution is 2.59. The topological polar surface area (TPSA) is 37.3 Å². The standard InChI is InChI=1S/C20H32O2/c1-12(2)15-8-9-19(5)11-20(22)14(4)18(21)10-17(20)13(3)6-7-16(15)19/h10,12-16,22H,6-9,11H2,1-5H3. The molecule has 3 aliphatic rings. The summed E-state index contributed by atoms with van der Waals surface area (Å²) < 4.78 is 0. The number of carbonyl (C=O) groups excluding carboxylic acids is 1. The summed E-state index contributed by atoms with van der Waals surface area (Å²) in [5.74, 6) is 2.39. The second-order valence-corrected chi connectivity index (χ2v) is 9.01. The summed E-state index contributed by atoms with van der Waals surface area (Å²) in [5, 5.41) is 11.5. The highest BCUT2D eigenvalue weighted by molar-refractivity contribution is 5.97. The summed E-state index contributed by atoms with van der Waals surface area (Å²) in [4.78, 5) is 12.2. The molecular formula is C20H32O2. The van der Waals surface area contributed by atoms with Crippen molar-refractivity contribution in [2.75, 3.05) is 0 Å². The zero-order valence-electron chi connectivity index (χ0n) is 14.9. The van der Waals surface area contributed by atoms with E-state index in [1.807, 2.05) is 6.92 Å². The van der Waals surface area contributed by atoms with Crippen LogP contribution in [0.3, 0.4) is 0 Å². The Balaban J connectivity index is 1.99. The van der Waals surface area contributed by atoms with E-state index in [1.165, 1.54) is 19.3 Å². The zero-order chi connectivity index (χ0) is 16.3. The molecule has 0 bridgehead atoms. The second-order valence-electron chi connectivity index (χ2n) is 9.01. The lowest BCUT2D eigenvalue weighted by molar-refractivity contribution is -0.124. The van der Waals surface area contributed by atoms with Crippen LogP contribution in [0.15, 0.2) is 11.6 Å². The van der Waals surface area contributed by atoms with Gasteiger partial charge in [-0.3, -0.25) is 4.79 Å². The van der Waals surface area contributed by atoms with Gasteiger partial charge in [-0.2, -0.15) is 0 Å². The highest BCUT2D eigenvalue weighted by Gasteiger charge is 2.56. The van der Waals surface area contributed by atoms with Crippen molar-refractivity contribution in [3.05, 3.63) is 11.6 Å². The van der Waals surface area contributed by atoms with E-state index in [0.717, 1.165) is 24.3 Å². The molecule has 124 valence electrons. The highest BCUT2D eigenvalue weighted by atomic mass is 16.3. The SMILES string of the molecule is CC1CCC2C(C(C)C)CCC2(C)CC2(O)C1=CC(=O)C2C. The summed E-state index contributed by atoms with van der Waals surface area (Å²) in [7, 11) is 0. The van der Waals surface area contributed by atoms with Crippen LogP contribution < -0.4 is 0 Å².